The summed E-state index contributed by atoms with van der Waals surface area (Å²) in [5.41, 5.74) is 5.11. The van der Waals surface area contributed by atoms with E-state index in [-0.39, 0.29) is 18.3 Å². The number of primary amides is 1. The second kappa shape index (κ2) is 5.86. The predicted molar refractivity (Wildman–Crippen MR) is 61.3 cm³/mol. The van der Waals surface area contributed by atoms with E-state index in [1.165, 1.54) is 0 Å². The number of carbonyl (C=O) groups excluding carboxylic acids is 2. The van der Waals surface area contributed by atoms with Crippen LogP contribution in [0.4, 0.5) is 4.79 Å². The minimum Gasteiger partial charge on any atom is -0.447 e. The van der Waals surface area contributed by atoms with E-state index in [1.807, 2.05) is 0 Å². The summed E-state index contributed by atoms with van der Waals surface area (Å²) in [4.78, 5) is 24.0. The second-order valence-electron chi connectivity index (χ2n) is 4.47. The number of likely N-dealkylation sites (tertiary alicyclic amines) is 1. The molecule has 98 valence electrons. The Hall–Kier alpha value is -1.30. The lowest BCUT2D eigenvalue weighted by molar-refractivity contribution is -0.131. The summed E-state index contributed by atoms with van der Waals surface area (Å²) in [5, 5.41) is 0. The zero-order valence-electron chi connectivity index (χ0n) is 10.5. The standard InChI is InChI=1S/C11H20N2O4/c1-7(2)16-11(15)13-5-4-9(6-13)17-8(3)10(12)14/h7-9H,4-6H2,1-3H3,(H2,12,14)/t8-,9?/m1/s1. The van der Waals surface area contributed by atoms with Crippen LogP contribution in [0.1, 0.15) is 27.2 Å². The maximum atomic E-state index is 11.6. The molecule has 0 aromatic carbocycles. The lowest BCUT2D eigenvalue weighted by Gasteiger charge is -2.19. The van der Waals surface area contributed by atoms with Crippen LogP contribution >= 0.6 is 0 Å². The maximum Gasteiger partial charge on any atom is 0.410 e. The summed E-state index contributed by atoms with van der Waals surface area (Å²) < 4.78 is 10.5. The third-order valence-corrected chi connectivity index (χ3v) is 2.54. The maximum absolute atomic E-state index is 11.6. The van der Waals surface area contributed by atoms with Crippen molar-refractivity contribution in [3.05, 3.63) is 0 Å². The van der Waals surface area contributed by atoms with E-state index in [0.717, 1.165) is 0 Å². The normalized spacial score (nSPS) is 21.6. The van der Waals surface area contributed by atoms with Crippen molar-refractivity contribution in [1.29, 1.82) is 0 Å². The van der Waals surface area contributed by atoms with E-state index in [9.17, 15) is 9.59 Å². The van der Waals surface area contributed by atoms with Crippen LogP contribution in [0.3, 0.4) is 0 Å². The Kier molecular flexibility index (Phi) is 4.74. The zero-order valence-corrected chi connectivity index (χ0v) is 10.5. The van der Waals surface area contributed by atoms with Gasteiger partial charge in [0.2, 0.25) is 5.91 Å². The van der Waals surface area contributed by atoms with Crippen molar-refractivity contribution in [2.24, 2.45) is 5.73 Å². The molecule has 0 bridgehead atoms. The topological polar surface area (TPSA) is 81.9 Å². The van der Waals surface area contributed by atoms with Crippen molar-refractivity contribution in [3.63, 3.8) is 0 Å². The Morgan fingerprint density at radius 2 is 2.00 bits per heavy atom. The van der Waals surface area contributed by atoms with Crippen molar-refractivity contribution in [2.75, 3.05) is 13.1 Å². The Balaban J connectivity index is 2.37. The second-order valence-corrected chi connectivity index (χ2v) is 4.47. The van der Waals surface area contributed by atoms with Crippen LogP contribution in [0.2, 0.25) is 0 Å². The SMILES string of the molecule is CC(C)OC(=O)N1CCC(O[C@H](C)C(N)=O)C1. The average molecular weight is 244 g/mol. The summed E-state index contributed by atoms with van der Waals surface area (Å²) in [5.74, 6) is -0.492. The molecule has 1 unspecified atom stereocenters. The third kappa shape index (κ3) is 4.22. The van der Waals surface area contributed by atoms with Crippen molar-refractivity contribution in [2.45, 2.75) is 45.5 Å². The molecule has 2 atom stereocenters. The molecular formula is C11H20N2O4. The molecule has 2 N–H and O–H groups in total. The molecule has 6 nitrogen and oxygen atoms in total. The molecule has 6 heteroatoms. The monoisotopic (exact) mass is 244 g/mol. The molecule has 0 saturated carbocycles. The van der Waals surface area contributed by atoms with E-state index < -0.39 is 12.0 Å². The molecule has 0 aromatic heterocycles. The highest BCUT2D eigenvalue weighted by Gasteiger charge is 2.30. The molecule has 1 saturated heterocycles. The fourth-order valence-electron chi connectivity index (χ4n) is 1.64. The van der Waals surface area contributed by atoms with Crippen LogP contribution in [-0.2, 0) is 14.3 Å². The number of nitrogens with zero attached hydrogens (tertiary/aromatic N) is 1. The van der Waals surface area contributed by atoms with Gasteiger partial charge in [-0.05, 0) is 27.2 Å². The first kappa shape index (κ1) is 13.8. The molecule has 0 radical (unpaired) electrons. The van der Waals surface area contributed by atoms with Crippen LogP contribution in [0.25, 0.3) is 0 Å². The largest absolute Gasteiger partial charge is 0.447 e. The predicted octanol–water partition coefficient (Wildman–Crippen LogP) is 0.496. The van der Waals surface area contributed by atoms with Crippen molar-refractivity contribution >= 4 is 12.0 Å². The molecule has 0 spiro atoms. The van der Waals surface area contributed by atoms with Gasteiger partial charge in [0.15, 0.2) is 0 Å². The Bertz CT molecular complexity index is 293. The summed E-state index contributed by atoms with van der Waals surface area (Å²) in [6, 6.07) is 0. The van der Waals surface area contributed by atoms with Gasteiger partial charge in [0.05, 0.1) is 18.8 Å². The van der Waals surface area contributed by atoms with Gasteiger partial charge in [-0.2, -0.15) is 0 Å². The highest BCUT2D eigenvalue weighted by molar-refractivity contribution is 5.78. The summed E-state index contributed by atoms with van der Waals surface area (Å²) in [6.07, 6.45) is -0.534. The van der Waals surface area contributed by atoms with Crippen LogP contribution < -0.4 is 5.73 Å². The first-order valence-corrected chi connectivity index (χ1v) is 5.80. The van der Waals surface area contributed by atoms with Gasteiger partial charge in [-0.3, -0.25) is 4.79 Å². The molecule has 1 aliphatic rings. The van der Waals surface area contributed by atoms with Gasteiger partial charge in [0, 0.05) is 6.54 Å². The number of hydrogen-bond acceptors (Lipinski definition) is 4. The van der Waals surface area contributed by atoms with Gasteiger partial charge < -0.3 is 20.1 Å². The van der Waals surface area contributed by atoms with Crippen molar-refractivity contribution in [1.82, 2.24) is 4.90 Å². The third-order valence-electron chi connectivity index (χ3n) is 2.54. The minimum absolute atomic E-state index is 0.132. The lowest BCUT2D eigenvalue weighted by atomic mass is 10.3. The first-order chi connectivity index (χ1) is 7.90. The number of amides is 2. The van der Waals surface area contributed by atoms with E-state index in [2.05, 4.69) is 0 Å². The van der Waals surface area contributed by atoms with Crippen LogP contribution in [-0.4, -0.2) is 48.3 Å². The minimum atomic E-state index is -0.624. The lowest BCUT2D eigenvalue weighted by Crippen LogP contribution is -2.35. The number of rotatable bonds is 4. The van der Waals surface area contributed by atoms with Crippen LogP contribution in [0.15, 0.2) is 0 Å². The fraction of sp³-hybridized carbons (Fsp3) is 0.818. The average Bonchev–Trinajstić information content (AvgIpc) is 2.65. The fourth-order valence-corrected chi connectivity index (χ4v) is 1.64. The summed E-state index contributed by atoms with van der Waals surface area (Å²) >= 11 is 0. The number of hydrogen-bond donors (Lipinski definition) is 1. The van der Waals surface area contributed by atoms with Crippen LogP contribution in [0.5, 0.6) is 0 Å². The van der Waals surface area contributed by atoms with E-state index >= 15 is 0 Å². The Morgan fingerprint density at radius 3 is 2.53 bits per heavy atom. The van der Waals surface area contributed by atoms with Crippen molar-refractivity contribution < 1.29 is 19.1 Å². The first-order valence-electron chi connectivity index (χ1n) is 5.80. The number of ether oxygens (including phenoxy) is 2. The van der Waals surface area contributed by atoms with Gasteiger partial charge in [-0.15, -0.1) is 0 Å². The zero-order chi connectivity index (χ0) is 13.0. The van der Waals surface area contributed by atoms with Gasteiger partial charge in [0.1, 0.15) is 6.10 Å². The molecule has 0 aromatic rings. The molecule has 0 aliphatic carbocycles. The molecule has 1 fully saturated rings. The highest BCUT2D eigenvalue weighted by atomic mass is 16.6. The van der Waals surface area contributed by atoms with Gasteiger partial charge >= 0.3 is 6.09 Å². The Labute approximate surface area is 101 Å². The van der Waals surface area contributed by atoms with E-state index in [4.69, 9.17) is 15.2 Å². The summed E-state index contributed by atoms with van der Waals surface area (Å²) in [7, 11) is 0. The quantitative estimate of drug-likeness (QED) is 0.780. The van der Waals surface area contributed by atoms with E-state index in [0.29, 0.717) is 19.5 Å². The van der Waals surface area contributed by atoms with Gasteiger partial charge in [-0.1, -0.05) is 0 Å². The van der Waals surface area contributed by atoms with E-state index in [1.54, 1.807) is 25.7 Å². The molecule has 17 heavy (non-hydrogen) atoms. The Morgan fingerprint density at radius 1 is 1.35 bits per heavy atom. The summed E-state index contributed by atoms with van der Waals surface area (Å²) in [6.45, 7) is 6.25. The molecule has 2 amide bonds. The van der Waals surface area contributed by atoms with Gasteiger partial charge in [0.25, 0.3) is 0 Å². The molecule has 1 heterocycles. The van der Waals surface area contributed by atoms with Gasteiger partial charge in [-0.25, -0.2) is 4.79 Å². The number of carbonyl (C=O) groups is 2. The van der Waals surface area contributed by atoms with Crippen LogP contribution in [0, 0.1) is 0 Å². The number of nitrogens with two attached hydrogens (primary N) is 1. The molecular weight excluding hydrogens is 224 g/mol. The molecule has 1 aliphatic heterocycles. The van der Waals surface area contributed by atoms with Crippen molar-refractivity contribution in [3.8, 4) is 0 Å². The highest BCUT2D eigenvalue weighted by Crippen LogP contribution is 2.15. The molecule has 1 rings (SSSR count). The smallest absolute Gasteiger partial charge is 0.410 e.